The zero-order valence-corrected chi connectivity index (χ0v) is 60.9. The summed E-state index contributed by atoms with van der Waals surface area (Å²) in [6.07, 6.45) is 49.9. The number of hydrogen-bond acceptors (Lipinski definition) is 15. The maximum absolute atomic E-state index is 13.0. The molecule has 91 heavy (non-hydrogen) atoms. The summed E-state index contributed by atoms with van der Waals surface area (Å²) in [5.41, 5.74) is 0. The number of ether oxygens (including phenoxy) is 4. The summed E-state index contributed by atoms with van der Waals surface area (Å²) in [4.78, 5) is 72.6. The second kappa shape index (κ2) is 64.1. The molecule has 3 N–H and O–H groups in total. The lowest BCUT2D eigenvalue weighted by Crippen LogP contribution is -2.30. The Morgan fingerprint density at radius 1 is 0.319 bits per heavy atom. The largest absolute Gasteiger partial charge is 0.472 e. The van der Waals surface area contributed by atoms with Crippen LogP contribution in [0.4, 0.5) is 0 Å². The van der Waals surface area contributed by atoms with Crippen LogP contribution < -0.4 is 0 Å². The summed E-state index contributed by atoms with van der Waals surface area (Å²) in [5, 5.41) is 10.6. The summed E-state index contributed by atoms with van der Waals surface area (Å²) < 4.78 is 68.4. The fourth-order valence-corrected chi connectivity index (χ4v) is 12.5. The molecule has 3 unspecified atom stereocenters. The standard InChI is InChI=1S/C72H140O17P2/c1-7-10-12-14-16-18-20-22-24-26-28-30-37-44-50-56-71(76)88-67(60-82-69(74)54-48-42-36-29-27-25-23-21-19-17-15-13-11-8-2)62-86-90(78,79)84-58-66(73)59-85-91(80,81)87-63-68(61-83-70(75)55-49-43-39-33-34-40-46-52-64(4)5)89-72(77)57-51-45-38-32-31-35-41-47-53-65(6)9-3/h64-68,73H,7-63H2,1-6H3,(H,78,79)(H,80,81)/t65?,66-,67-,68-/m1/s1. The number of carbonyl (C=O) groups is 4. The van der Waals surface area contributed by atoms with E-state index >= 15 is 0 Å². The Morgan fingerprint density at radius 3 is 0.835 bits per heavy atom. The van der Waals surface area contributed by atoms with Gasteiger partial charge in [-0.25, -0.2) is 9.13 Å². The molecule has 0 heterocycles. The van der Waals surface area contributed by atoms with E-state index in [1.807, 2.05) is 0 Å². The van der Waals surface area contributed by atoms with E-state index in [1.54, 1.807) is 0 Å². The predicted molar refractivity (Wildman–Crippen MR) is 368 cm³/mol. The van der Waals surface area contributed by atoms with Crippen LogP contribution in [0.5, 0.6) is 0 Å². The summed E-state index contributed by atoms with van der Waals surface area (Å²) in [6, 6.07) is 0. The van der Waals surface area contributed by atoms with Crippen molar-refractivity contribution in [2.45, 2.75) is 387 Å². The van der Waals surface area contributed by atoms with Gasteiger partial charge >= 0.3 is 39.5 Å². The first kappa shape index (κ1) is 89.1. The SMILES string of the molecule is CCCCCCCCCCCCCCCCCC(=O)O[C@H](COC(=O)CCCCCCCCCCCCCCCC)COP(=O)(O)OC[C@@H](O)COP(=O)(O)OC[C@@H](COC(=O)CCCCCCCCCC(C)C)OC(=O)CCCCCCCCCCC(C)CC. The quantitative estimate of drug-likeness (QED) is 0.0222. The maximum atomic E-state index is 13.0. The lowest BCUT2D eigenvalue weighted by molar-refractivity contribution is -0.161. The third kappa shape index (κ3) is 65.1. The van der Waals surface area contributed by atoms with Crippen molar-refractivity contribution in [3.05, 3.63) is 0 Å². The molecule has 0 fully saturated rings. The first-order valence-electron chi connectivity index (χ1n) is 37.5. The summed E-state index contributed by atoms with van der Waals surface area (Å²) >= 11 is 0. The molecule has 6 atom stereocenters. The highest BCUT2D eigenvalue weighted by molar-refractivity contribution is 7.47. The minimum Gasteiger partial charge on any atom is -0.462 e. The Bertz CT molecular complexity index is 1770. The fourth-order valence-electron chi connectivity index (χ4n) is 10.9. The van der Waals surface area contributed by atoms with Gasteiger partial charge in [0.1, 0.15) is 19.3 Å². The van der Waals surface area contributed by atoms with E-state index in [9.17, 15) is 43.2 Å². The van der Waals surface area contributed by atoms with E-state index < -0.39 is 97.5 Å². The molecule has 0 rings (SSSR count). The second-order valence-corrected chi connectivity index (χ2v) is 29.6. The highest BCUT2D eigenvalue weighted by Crippen LogP contribution is 2.45. The molecule has 0 aliphatic carbocycles. The van der Waals surface area contributed by atoms with Crippen LogP contribution in [0.1, 0.15) is 369 Å². The molecule has 19 heteroatoms. The molecule has 17 nitrogen and oxygen atoms in total. The molecule has 0 bridgehead atoms. The summed E-state index contributed by atoms with van der Waals surface area (Å²) in [5.74, 6) is -0.647. The third-order valence-electron chi connectivity index (χ3n) is 17.1. The molecule has 0 radical (unpaired) electrons. The van der Waals surface area contributed by atoms with Crippen molar-refractivity contribution >= 4 is 39.5 Å². The molecule has 0 saturated carbocycles. The van der Waals surface area contributed by atoms with E-state index in [-0.39, 0.29) is 25.7 Å². The lowest BCUT2D eigenvalue weighted by Gasteiger charge is -2.21. The Morgan fingerprint density at radius 2 is 0.560 bits per heavy atom. The zero-order valence-electron chi connectivity index (χ0n) is 59.1. The zero-order chi connectivity index (χ0) is 67.2. The number of hydrogen-bond donors (Lipinski definition) is 3. The van der Waals surface area contributed by atoms with E-state index in [0.717, 1.165) is 102 Å². The molecule has 0 aromatic heterocycles. The second-order valence-electron chi connectivity index (χ2n) is 26.7. The number of aliphatic hydroxyl groups excluding tert-OH is 1. The topological polar surface area (TPSA) is 237 Å². The molecule has 0 aromatic rings. The molecule has 540 valence electrons. The Balaban J connectivity index is 5.26. The van der Waals surface area contributed by atoms with Crippen molar-refractivity contribution in [1.29, 1.82) is 0 Å². The lowest BCUT2D eigenvalue weighted by atomic mass is 9.99. The van der Waals surface area contributed by atoms with Gasteiger partial charge in [-0.05, 0) is 37.5 Å². The summed E-state index contributed by atoms with van der Waals surface area (Å²) in [6.45, 7) is 9.51. The van der Waals surface area contributed by atoms with Crippen molar-refractivity contribution in [2.24, 2.45) is 11.8 Å². The first-order chi connectivity index (χ1) is 43.9. The van der Waals surface area contributed by atoms with Crippen LogP contribution in [0.2, 0.25) is 0 Å². The van der Waals surface area contributed by atoms with E-state index in [2.05, 4.69) is 41.5 Å². The maximum Gasteiger partial charge on any atom is 0.472 e. The van der Waals surface area contributed by atoms with Gasteiger partial charge in [-0.3, -0.25) is 37.3 Å². The van der Waals surface area contributed by atoms with E-state index in [0.29, 0.717) is 31.6 Å². The molecule has 0 saturated heterocycles. The van der Waals surface area contributed by atoms with Gasteiger partial charge < -0.3 is 33.8 Å². The molecule has 0 aromatic carbocycles. The number of unbranched alkanes of at least 4 members (excludes halogenated alkanes) is 40. The molecular formula is C72H140O17P2. The van der Waals surface area contributed by atoms with Crippen LogP contribution in [0.3, 0.4) is 0 Å². The number of rotatable bonds is 71. The minimum atomic E-state index is -4.95. The van der Waals surface area contributed by atoms with Gasteiger partial charge in [0.05, 0.1) is 26.4 Å². The number of phosphoric acid groups is 2. The Hall–Kier alpha value is -1.94. The van der Waals surface area contributed by atoms with E-state index in [1.165, 1.54) is 180 Å². The minimum absolute atomic E-state index is 0.104. The molecule has 0 aliphatic rings. The van der Waals surface area contributed by atoms with Gasteiger partial charge in [0.15, 0.2) is 12.2 Å². The highest BCUT2D eigenvalue weighted by Gasteiger charge is 2.30. The Labute approximate surface area is 556 Å². The third-order valence-corrected chi connectivity index (χ3v) is 19.0. The number of carbonyl (C=O) groups excluding carboxylic acids is 4. The number of phosphoric ester groups is 2. The van der Waals surface area contributed by atoms with Crippen LogP contribution in [0.25, 0.3) is 0 Å². The monoisotopic (exact) mass is 1340 g/mol. The number of aliphatic hydroxyl groups is 1. The molecular weight excluding hydrogens is 1200 g/mol. The average Bonchev–Trinajstić information content (AvgIpc) is 3.22. The van der Waals surface area contributed by atoms with Crippen molar-refractivity contribution in [2.75, 3.05) is 39.6 Å². The summed E-state index contributed by atoms with van der Waals surface area (Å²) in [7, 11) is -9.90. The van der Waals surface area contributed by atoms with Crippen molar-refractivity contribution in [3.63, 3.8) is 0 Å². The smallest absolute Gasteiger partial charge is 0.462 e. The van der Waals surface area contributed by atoms with Gasteiger partial charge in [0, 0.05) is 25.7 Å². The number of esters is 4. The Kier molecular flexibility index (Phi) is 62.7. The first-order valence-corrected chi connectivity index (χ1v) is 40.5. The van der Waals surface area contributed by atoms with Crippen LogP contribution in [-0.2, 0) is 65.4 Å². The molecule has 0 spiro atoms. The van der Waals surface area contributed by atoms with Crippen molar-refractivity contribution in [1.82, 2.24) is 0 Å². The fraction of sp³-hybridized carbons (Fsp3) is 0.944. The van der Waals surface area contributed by atoms with Crippen LogP contribution in [0, 0.1) is 11.8 Å². The highest BCUT2D eigenvalue weighted by atomic mass is 31.2. The normalized spacial score (nSPS) is 14.4. The van der Waals surface area contributed by atoms with Crippen LogP contribution in [0.15, 0.2) is 0 Å². The van der Waals surface area contributed by atoms with Gasteiger partial charge in [-0.15, -0.1) is 0 Å². The van der Waals surface area contributed by atoms with E-state index in [4.69, 9.17) is 37.0 Å². The molecule has 0 amide bonds. The predicted octanol–water partition coefficient (Wildman–Crippen LogP) is 20.8. The van der Waals surface area contributed by atoms with Gasteiger partial charge in [0.2, 0.25) is 0 Å². The van der Waals surface area contributed by atoms with Crippen LogP contribution >= 0.6 is 15.6 Å². The van der Waals surface area contributed by atoms with Gasteiger partial charge in [-0.1, -0.05) is 318 Å². The molecule has 0 aliphatic heterocycles. The van der Waals surface area contributed by atoms with Crippen molar-refractivity contribution in [3.8, 4) is 0 Å². The van der Waals surface area contributed by atoms with Gasteiger partial charge in [-0.2, -0.15) is 0 Å². The van der Waals surface area contributed by atoms with Gasteiger partial charge in [0.25, 0.3) is 0 Å². The average molecular weight is 1340 g/mol. The van der Waals surface area contributed by atoms with Crippen molar-refractivity contribution < 1.29 is 80.2 Å². The van der Waals surface area contributed by atoms with Crippen LogP contribution in [-0.4, -0.2) is 96.7 Å².